The highest BCUT2D eigenvalue weighted by Gasteiger charge is 2.34. The van der Waals surface area contributed by atoms with Crippen LogP contribution in [0.15, 0.2) is 87.7 Å². The number of hydrogen-bond donors (Lipinski definition) is 3. The highest BCUT2D eigenvalue weighted by atomic mass is 33.1. The first-order valence-corrected chi connectivity index (χ1v) is 37.8. The number of aromatic nitrogens is 5. The Morgan fingerprint density at radius 1 is 0.579 bits per heavy atom. The van der Waals surface area contributed by atoms with Gasteiger partial charge in [0.05, 0.1) is 26.1 Å². The third-order valence-corrected chi connectivity index (χ3v) is 20.6. The van der Waals surface area contributed by atoms with Gasteiger partial charge in [-0.05, 0) is 99.5 Å². The number of nitrogens with one attached hydrogen (secondary N) is 1. The summed E-state index contributed by atoms with van der Waals surface area (Å²) in [5, 5.41) is 3.72. The Kier molecular flexibility index (Phi) is 33.4. The molecule has 5 aliphatic heterocycles. The normalized spacial score (nSPS) is 15.2. The molecule has 0 bridgehead atoms. The topological polar surface area (TPSA) is 279 Å². The number of piperazine rings is 2. The molecule has 2 aromatic carbocycles. The number of rotatable bonds is 30. The summed E-state index contributed by atoms with van der Waals surface area (Å²) >= 11 is 0. The van der Waals surface area contributed by atoms with E-state index in [1.165, 1.54) is 19.8 Å². The van der Waals surface area contributed by atoms with Gasteiger partial charge >= 0.3 is 24.2 Å². The first-order chi connectivity index (χ1) is 46.4. The van der Waals surface area contributed by atoms with E-state index in [2.05, 4.69) is 53.9 Å². The Balaban J connectivity index is 0.000000244. The molecule has 10 rings (SSSR count). The lowest BCUT2D eigenvalue weighted by Gasteiger charge is -2.34. The van der Waals surface area contributed by atoms with Crippen LogP contribution in [-0.4, -0.2) is 192 Å². The monoisotopic (exact) mass is 1380 g/mol. The molecule has 28 heteroatoms. The van der Waals surface area contributed by atoms with Crippen molar-refractivity contribution in [2.24, 2.45) is 0 Å². The average molecular weight is 1390 g/mol. The number of pyridine rings is 1. The molecular formula is C67H96N14O10S4. The molecule has 0 aliphatic carbocycles. The van der Waals surface area contributed by atoms with Gasteiger partial charge in [0.25, 0.3) is 0 Å². The van der Waals surface area contributed by atoms with E-state index in [9.17, 15) is 24.0 Å². The van der Waals surface area contributed by atoms with E-state index < -0.39 is 0 Å². The first-order valence-electron chi connectivity index (χ1n) is 33.4. The number of carbonyl (C=O) groups excluding carboxylic acids is 5. The van der Waals surface area contributed by atoms with Crippen molar-refractivity contribution in [2.45, 2.75) is 140 Å². The van der Waals surface area contributed by atoms with Crippen molar-refractivity contribution in [1.29, 1.82) is 0 Å². The van der Waals surface area contributed by atoms with Gasteiger partial charge < -0.3 is 50.3 Å². The van der Waals surface area contributed by atoms with Gasteiger partial charge in [-0.1, -0.05) is 115 Å². The fourth-order valence-corrected chi connectivity index (χ4v) is 14.6. The molecule has 5 aliphatic rings. The highest BCUT2D eigenvalue weighted by Crippen LogP contribution is 2.39. The number of benzene rings is 2. The highest BCUT2D eigenvalue weighted by molar-refractivity contribution is 8.77. The molecule has 3 aromatic heterocycles. The van der Waals surface area contributed by atoms with E-state index in [0.717, 1.165) is 136 Å². The molecular weight excluding hydrogens is 1290 g/mol. The van der Waals surface area contributed by atoms with E-state index in [4.69, 9.17) is 35.2 Å². The van der Waals surface area contributed by atoms with Crippen LogP contribution in [0.5, 0.6) is 12.0 Å². The molecule has 0 spiro atoms. The smallest absolute Gasteiger partial charge is 0.410 e. The van der Waals surface area contributed by atoms with Gasteiger partial charge in [-0.15, -0.1) is 0 Å². The second-order valence-corrected chi connectivity index (χ2v) is 27.3. The van der Waals surface area contributed by atoms with Gasteiger partial charge in [-0.2, -0.15) is 19.9 Å². The van der Waals surface area contributed by atoms with Crippen molar-refractivity contribution < 1.29 is 47.7 Å². The van der Waals surface area contributed by atoms with Crippen LogP contribution in [0.4, 0.5) is 32.9 Å². The summed E-state index contributed by atoms with van der Waals surface area (Å²) < 4.78 is 27.6. The molecule has 0 atom stereocenters. The van der Waals surface area contributed by atoms with Gasteiger partial charge in [0, 0.05) is 136 Å². The Labute approximate surface area is 576 Å². The Morgan fingerprint density at radius 3 is 1.48 bits per heavy atom. The van der Waals surface area contributed by atoms with E-state index in [1.807, 2.05) is 80.6 Å². The number of nitrogen functional groups attached to an aromatic ring is 2. The minimum Gasteiger partial charge on any atom is -0.463 e. The molecule has 95 heavy (non-hydrogen) atoms. The number of hydrogen-bond acceptors (Lipinski definition) is 23. The van der Waals surface area contributed by atoms with Crippen molar-refractivity contribution in [3.8, 4) is 12.0 Å². The van der Waals surface area contributed by atoms with E-state index in [1.54, 1.807) is 69.0 Å². The van der Waals surface area contributed by atoms with Crippen LogP contribution in [0, 0.1) is 0 Å². The first kappa shape index (κ1) is 75.6. The van der Waals surface area contributed by atoms with Crippen LogP contribution in [0.2, 0.25) is 0 Å². The predicted molar refractivity (Wildman–Crippen MR) is 378 cm³/mol. The molecule has 5 aromatic rings. The van der Waals surface area contributed by atoms with Crippen molar-refractivity contribution >= 4 is 96.4 Å². The zero-order valence-corrected chi connectivity index (χ0v) is 59.1. The zero-order chi connectivity index (χ0) is 67.6. The molecule has 0 saturated carbocycles. The molecule has 24 nitrogen and oxygen atoms in total. The Hall–Kier alpha value is -6.82. The predicted octanol–water partition coefficient (Wildman–Crippen LogP) is 10.6. The van der Waals surface area contributed by atoms with Gasteiger partial charge in [-0.25, -0.2) is 14.6 Å². The van der Waals surface area contributed by atoms with E-state index in [0.29, 0.717) is 93.4 Å². The number of amides is 5. The third kappa shape index (κ3) is 25.0. The van der Waals surface area contributed by atoms with Crippen molar-refractivity contribution in [3.05, 3.63) is 95.2 Å². The van der Waals surface area contributed by atoms with Crippen molar-refractivity contribution in [1.82, 2.24) is 49.8 Å². The lowest BCUT2D eigenvalue weighted by atomic mass is 10.2. The molecule has 5 N–H and O–H groups in total. The van der Waals surface area contributed by atoms with Crippen LogP contribution in [0.1, 0.15) is 121 Å². The van der Waals surface area contributed by atoms with Crippen LogP contribution < -0.4 is 36.1 Å². The summed E-state index contributed by atoms with van der Waals surface area (Å²) in [6.07, 6.45) is 11.5. The van der Waals surface area contributed by atoms with Gasteiger partial charge in [0.15, 0.2) is 0 Å². The standard InChI is InChI=1S/C31H39N7O4S2.C30H43N7O5S2.C4H8O.C2H6/c1-2-3-20-41-30-34-28(32)24-21-27(39)38(29(24)35-30)15-9-8-14-36-16-18-37(19-17-36)31(40)42-22-23-10-4-5-11-25(23)43-44-26-12-6-7-13-33-26;1-3-4-18-41-29-33-27(31)24-20-26(39)37(28(24)34-29)13-8-7-12-35-14-16-36(17-15-35)30(40)42-21-23-9-5-6-10-25(23)44-43-19-11-32-22(2)38;1-2-4-5-3-1;1-2/h4-7,10-13H,2-3,8-9,14-22H2,1H3,(H2,32,34,35);5-6,9-10H,3-4,7-8,11-21H2,1-2H3,(H,32,38)(H2,31,33,34);1-4H2;1-2H3. The number of anilines is 4. The van der Waals surface area contributed by atoms with Crippen molar-refractivity contribution in [2.75, 3.05) is 139 Å². The van der Waals surface area contributed by atoms with Crippen molar-refractivity contribution in [3.63, 3.8) is 0 Å². The number of nitrogens with zero attached hydrogens (tertiary/aromatic N) is 11. The van der Waals surface area contributed by atoms with E-state index in [-0.39, 0.29) is 68.0 Å². The van der Waals surface area contributed by atoms with Gasteiger partial charge in [-0.3, -0.25) is 34.0 Å². The van der Waals surface area contributed by atoms with Gasteiger partial charge in [0.1, 0.15) is 41.5 Å². The molecule has 3 saturated heterocycles. The summed E-state index contributed by atoms with van der Waals surface area (Å²) in [4.78, 5) is 97.6. The molecule has 3 fully saturated rings. The lowest BCUT2D eigenvalue weighted by molar-refractivity contribution is -0.119. The van der Waals surface area contributed by atoms with Crippen LogP contribution in [0.3, 0.4) is 0 Å². The average Bonchev–Trinajstić information content (AvgIpc) is 1.66. The minimum absolute atomic E-state index is 0.00740. The summed E-state index contributed by atoms with van der Waals surface area (Å²) in [7, 11) is 6.46. The third-order valence-electron chi connectivity index (χ3n) is 15.7. The Morgan fingerprint density at radius 2 is 1.04 bits per heavy atom. The second-order valence-electron chi connectivity index (χ2n) is 22.7. The van der Waals surface area contributed by atoms with Gasteiger partial charge in [0.2, 0.25) is 17.7 Å². The maximum atomic E-state index is 12.8. The second kappa shape index (κ2) is 42.0. The zero-order valence-electron chi connectivity index (χ0n) is 55.8. The Bertz CT molecular complexity index is 3170. The summed E-state index contributed by atoms with van der Waals surface area (Å²) in [6, 6.07) is 22.1. The van der Waals surface area contributed by atoms with Crippen LogP contribution in [-0.2, 0) is 54.6 Å². The summed E-state index contributed by atoms with van der Waals surface area (Å²) in [6.45, 7) is 22.3. The number of unbranched alkanes of at least 4 members (excludes halogenated alkanes) is 4. The number of fused-ring (bicyclic) bond motifs is 2. The van der Waals surface area contributed by atoms with Crippen LogP contribution in [0.25, 0.3) is 0 Å². The minimum atomic E-state index is -0.298. The number of carbonyl (C=O) groups is 5. The maximum absolute atomic E-state index is 12.8. The summed E-state index contributed by atoms with van der Waals surface area (Å²) in [5.74, 6) is 2.51. The maximum Gasteiger partial charge on any atom is 0.410 e. The SMILES string of the molecule is C1CCOC1.CC.CCCCOc1nc(N)c2c(n1)N(CCCCN1CCN(C(=O)OCc3ccccc3SSCCNC(C)=O)CC1)C(=O)C2.CCCCOc1nc(N)c2c(n1)N(CCCCN1CCN(C(=O)OCc3ccccc3SSc3ccccn3)CC1)C(=O)C2. The molecule has 0 unspecified atom stereocenters. The molecule has 8 heterocycles. The van der Waals surface area contributed by atoms with Crippen LogP contribution >= 0.6 is 43.2 Å². The fourth-order valence-electron chi connectivity index (χ4n) is 10.4. The molecule has 0 radical (unpaired) electrons. The molecule has 5 amide bonds. The fraction of sp³-hybridized carbons (Fsp3) is 0.552. The number of nitrogens with two attached hydrogens (primary N) is 2. The van der Waals surface area contributed by atoms with E-state index >= 15 is 0 Å². The summed E-state index contributed by atoms with van der Waals surface area (Å²) in [5.41, 5.74) is 15.5. The largest absolute Gasteiger partial charge is 0.463 e. The molecule has 518 valence electrons. The lowest BCUT2D eigenvalue weighted by Crippen LogP contribution is -2.49. The number of ether oxygens (including phenoxy) is 5. The quantitative estimate of drug-likeness (QED) is 0.0284.